The molecule has 0 heterocycles. The number of methoxy groups -OCH3 is 2. The zero-order valence-electron chi connectivity index (χ0n) is 14.7. The number of esters is 1. The highest BCUT2D eigenvalue weighted by Gasteiger charge is 2.13. The smallest absolute Gasteiger partial charge is 0.306 e. The van der Waals surface area contributed by atoms with Gasteiger partial charge in [-0.15, -0.1) is 0 Å². The number of rotatable bonds is 8. The number of ketones is 1. The van der Waals surface area contributed by atoms with Gasteiger partial charge in [-0.05, 0) is 25.0 Å². The molecule has 0 bridgehead atoms. The summed E-state index contributed by atoms with van der Waals surface area (Å²) in [6.07, 6.45) is 0.600. The molecule has 2 aromatic rings. The molecule has 132 valence electrons. The Morgan fingerprint density at radius 1 is 0.960 bits per heavy atom. The number of para-hydroxylation sites is 1. The van der Waals surface area contributed by atoms with Gasteiger partial charge in [-0.25, -0.2) is 0 Å². The Labute approximate surface area is 147 Å². The summed E-state index contributed by atoms with van der Waals surface area (Å²) in [5, 5.41) is 0. The summed E-state index contributed by atoms with van der Waals surface area (Å²) in [7, 11) is 3.12. The molecule has 5 heteroatoms. The van der Waals surface area contributed by atoms with Gasteiger partial charge in [0.15, 0.2) is 23.9 Å². The van der Waals surface area contributed by atoms with Gasteiger partial charge in [0.25, 0.3) is 0 Å². The summed E-state index contributed by atoms with van der Waals surface area (Å²) in [5.41, 5.74) is 2.46. The van der Waals surface area contributed by atoms with E-state index in [0.717, 1.165) is 11.1 Å². The molecule has 0 aliphatic carbocycles. The van der Waals surface area contributed by atoms with E-state index in [4.69, 9.17) is 14.2 Å². The first-order valence-corrected chi connectivity index (χ1v) is 8.00. The van der Waals surface area contributed by atoms with Gasteiger partial charge in [0.05, 0.1) is 14.2 Å². The van der Waals surface area contributed by atoms with Crippen molar-refractivity contribution in [2.45, 2.75) is 19.8 Å². The van der Waals surface area contributed by atoms with Crippen molar-refractivity contribution in [1.29, 1.82) is 0 Å². The summed E-state index contributed by atoms with van der Waals surface area (Å²) < 4.78 is 15.6. The molecule has 0 spiro atoms. The first-order chi connectivity index (χ1) is 12.0. The SMILES string of the molecule is COc1cccc(CCC(=O)OCC(=O)c2ccc(C)cc2)c1OC. The summed E-state index contributed by atoms with van der Waals surface area (Å²) in [6.45, 7) is 1.69. The Kier molecular flexibility index (Phi) is 6.57. The van der Waals surface area contributed by atoms with Crippen LogP contribution in [0.1, 0.15) is 27.9 Å². The fourth-order valence-electron chi connectivity index (χ4n) is 2.43. The predicted octanol–water partition coefficient (Wildman–Crippen LogP) is 3.37. The molecule has 0 atom stereocenters. The van der Waals surface area contributed by atoms with E-state index in [-0.39, 0.29) is 18.8 Å². The van der Waals surface area contributed by atoms with Crippen molar-refractivity contribution < 1.29 is 23.8 Å². The molecule has 0 aliphatic heterocycles. The van der Waals surface area contributed by atoms with Crippen molar-refractivity contribution in [1.82, 2.24) is 0 Å². The highest BCUT2D eigenvalue weighted by atomic mass is 16.5. The van der Waals surface area contributed by atoms with Gasteiger partial charge in [0.1, 0.15) is 0 Å². The van der Waals surface area contributed by atoms with Gasteiger partial charge in [-0.2, -0.15) is 0 Å². The van der Waals surface area contributed by atoms with Gasteiger partial charge >= 0.3 is 5.97 Å². The first kappa shape index (κ1) is 18.5. The Morgan fingerprint density at radius 3 is 2.32 bits per heavy atom. The van der Waals surface area contributed by atoms with Crippen LogP contribution in [0.4, 0.5) is 0 Å². The number of Topliss-reactive ketones (excluding diaryl/α,β-unsaturated/α-hetero) is 1. The van der Waals surface area contributed by atoms with Gasteiger partial charge in [0, 0.05) is 12.0 Å². The third-order valence-corrected chi connectivity index (χ3v) is 3.82. The Balaban J connectivity index is 1.87. The molecule has 0 saturated heterocycles. The first-order valence-electron chi connectivity index (χ1n) is 8.00. The number of ether oxygens (including phenoxy) is 3. The maximum atomic E-state index is 12.0. The second-order valence-electron chi connectivity index (χ2n) is 5.60. The highest BCUT2D eigenvalue weighted by molar-refractivity contribution is 5.97. The Hall–Kier alpha value is -2.82. The molecule has 0 aromatic heterocycles. The number of hydrogen-bond donors (Lipinski definition) is 0. The van der Waals surface area contributed by atoms with E-state index < -0.39 is 5.97 Å². The number of hydrogen-bond acceptors (Lipinski definition) is 5. The molecule has 0 amide bonds. The van der Waals surface area contributed by atoms with Crippen LogP contribution in [-0.2, 0) is 16.0 Å². The molecule has 0 N–H and O–H groups in total. The van der Waals surface area contributed by atoms with Gasteiger partial charge in [0.2, 0.25) is 0 Å². The van der Waals surface area contributed by atoms with Gasteiger partial charge < -0.3 is 14.2 Å². The third-order valence-electron chi connectivity index (χ3n) is 3.82. The molecule has 0 saturated carbocycles. The largest absolute Gasteiger partial charge is 0.493 e. The van der Waals surface area contributed by atoms with E-state index >= 15 is 0 Å². The van der Waals surface area contributed by atoms with Crippen LogP contribution in [-0.4, -0.2) is 32.6 Å². The number of carbonyl (C=O) groups is 2. The highest BCUT2D eigenvalue weighted by Crippen LogP contribution is 2.31. The minimum Gasteiger partial charge on any atom is -0.493 e. The lowest BCUT2D eigenvalue weighted by Crippen LogP contribution is -2.14. The van der Waals surface area contributed by atoms with E-state index in [1.165, 1.54) is 0 Å². The zero-order valence-corrected chi connectivity index (χ0v) is 14.7. The van der Waals surface area contributed by atoms with Crippen molar-refractivity contribution in [2.24, 2.45) is 0 Å². The van der Waals surface area contributed by atoms with E-state index in [1.54, 1.807) is 32.4 Å². The van der Waals surface area contributed by atoms with E-state index in [0.29, 0.717) is 23.5 Å². The summed E-state index contributed by atoms with van der Waals surface area (Å²) >= 11 is 0. The topological polar surface area (TPSA) is 61.8 Å². The van der Waals surface area contributed by atoms with Gasteiger partial charge in [-0.3, -0.25) is 9.59 Å². The average molecular weight is 342 g/mol. The average Bonchev–Trinajstić information content (AvgIpc) is 2.64. The van der Waals surface area contributed by atoms with Crippen LogP contribution in [0.25, 0.3) is 0 Å². The van der Waals surface area contributed by atoms with Crippen LogP contribution in [0.15, 0.2) is 42.5 Å². The zero-order chi connectivity index (χ0) is 18.2. The molecule has 2 aromatic carbocycles. The van der Waals surface area contributed by atoms with Crippen LogP contribution < -0.4 is 9.47 Å². The standard InChI is InChI=1S/C20H22O5/c1-14-7-9-15(10-8-14)17(21)13-25-19(22)12-11-16-5-4-6-18(23-2)20(16)24-3/h4-10H,11-13H2,1-3H3. The quantitative estimate of drug-likeness (QED) is 0.544. The van der Waals surface area contributed by atoms with Crippen molar-refractivity contribution in [2.75, 3.05) is 20.8 Å². The lowest BCUT2D eigenvalue weighted by molar-refractivity contribution is -0.142. The molecule has 0 aliphatic rings. The van der Waals surface area contributed by atoms with E-state index in [9.17, 15) is 9.59 Å². The minimum atomic E-state index is -0.426. The fourth-order valence-corrected chi connectivity index (χ4v) is 2.43. The molecular weight excluding hydrogens is 320 g/mol. The fraction of sp³-hybridized carbons (Fsp3) is 0.300. The monoisotopic (exact) mass is 342 g/mol. The number of aryl methyl sites for hydroxylation is 2. The molecule has 2 rings (SSSR count). The van der Waals surface area contributed by atoms with Crippen LogP contribution in [0.2, 0.25) is 0 Å². The van der Waals surface area contributed by atoms with Crippen molar-refractivity contribution in [3.8, 4) is 11.5 Å². The van der Waals surface area contributed by atoms with E-state index in [2.05, 4.69) is 0 Å². The Morgan fingerprint density at radius 2 is 1.68 bits per heavy atom. The Bertz CT molecular complexity index is 734. The second-order valence-corrected chi connectivity index (χ2v) is 5.60. The second kappa shape index (κ2) is 8.87. The van der Waals surface area contributed by atoms with Crippen molar-refractivity contribution in [3.63, 3.8) is 0 Å². The van der Waals surface area contributed by atoms with Crippen molar-refractivity contribution >= 4 is 11.8 Å². The lowest BCUT2D eigenvalue weighted by Gasteiger charge is -2.12. The summed E-state index contributed by atoms with van der Waals surface area (Å²) in [6, 6.07) is 12.7. The third kappa shape index (κ3) is 5.08. The molecule has 25 heavy (non-hydrogen) atoms. The number of benzene rings is 2. The molecular formula is C20H22O5. The van der Waals surface area contributed by atoms with Crippen LogP contribution >= 0.6 is 0 Å². The summed E-state index contributed by atoms with van der Waals surface area (Å²) in [5.74, 6) is 0.578. The predicted molar refractivity (Wildman–Crippen MR) is 94.3 cm³/mol. The van der Waals surface area contributed by atoms with Gasteiger partial charge in [-0.1, -0.05) is 42.0 Å². The summed E-state index contributed by atoms with van der Waals surface area (Å²) in [4.78, 5) is 23.9. The molecule has 5 nitrogen and oxygen atoms in total. The van der Waals surface area contributed by atoms with Crippen molar-refractivity contribution in [3.05, 3.63) is 59.2 Å². The minimum absolute atomic E-state index is 0.157. The van der Waals surface area contributed by atoms with Crippen LogP contribution in [0, 0.1) is 6.92 Å². The lowest BCUT2D eigenvalue weighted by atomic mass is 10.1. The number of carbonyl (C=O) groups excluding carboxylic acids is 2. The maximum Gasteiger partial charge on any atom is 0.306 e. The van der Waals surface area contributed by atoms with Crippen LogP contribution in [0.3, 0.4) is 0 Å². The maximum absolute atomic E-state index is 12.0. The van der Waals surface area contributed by atoms with Crippen LogP contribution in [0.5, 0.6) is 11.5 Å². The van der Waals surface area contributed by atoms with E-state index in [1.807, 2.05) is 31.2 Å². The molecule has 0 fully saturated rings. The molecule has 0 radical (unpaired) electrons. The normalized spacial score (nSPS) is 10.2. The molecule has 0 unspecified atom stereocenters.